The van der Waals surface area contributed by atoms with Crippen LogP contribution in [0.2, 0.25) is 0 Å². The van der Waals surface area contributed by atoms with E-state index in [9.17, 15) is 19.8 Å². The number of aliphatic hydroxyl groups is 1. The Kier molecular flexibility index (Phi) is 6.59. The van der Waals surface area contributed by atoms with Crippen LogP contribution in [0.1, 0.15) is 58.4 Å². The van der Waals surface area contributed by atoms with Crippen molar-refractivity contribution in [1.29, 1.82) is 0 Å². The van der Waals surface area contributed by atoms with Gasteiger partial charge in [0.25, 0.3) is 0 Å². The fourth-order valence-electron chi connectivity index (χ4n) is 2.33. The number of aliphatic hydroxyl groups excluding tert-OH is 1. The molecule has 0 aliphatic rings. The molecule has 0 aliphatic carbocycles. The van der Waals surface area contributed by atoms with Crippen LogP contribution in [0, 0.1) is 6.92 Å². The van der Waals surface area contributed by atoms with Gasteiger partial charge in [0.15, 0.2) is 0 Å². The van der Waals surface area contributed by atoms with E-state index in [0.717, 1.165) is 0 Å². The summed E-state index contributed by atoms with van der Waals surface area (Å²) in [6.07, 6.45) is -1.71. The lowest BCUT2D eigenvalue weighted by atomic mass is 10.0. The quantitative estimate of drug-likeness (QED) is 0.751. The lowest BCUT2D eigenvalue weighted by molar-refractivity contribution is 0.0635. The van der Waals surface area contributed by atoms with Crippen molar-refractivity contribution in [2.45, 2.75) is 72.8 Å². The Labute approximate surface area is 154 Å². The smallest absolute Gasteiger partial charge is 0.413 e. The molecule has 1 aromatic heterocycles. The molecule has 1 heterocycles. The molecule has 3 N–H and O–H groups in total. The van der Waals surface area contributed by atoms with Crippen molar-refractivity contribution < 1.29 is 24.5 Å². The van der Waals surface area contributed by atoms with Crippen molar-refractivity contribution in [1.82, 2.24) is 9.88 Å². The third kappa shape index (κ3) is 6.18. The van der Waals surface area contributed by atoms with Gasteiger partial charge in [0.2, 0.25) is 0 Å². The second kappa shape index (κ2) is 7.90. The van der Waals surface area contributed by atoms with Crippen molar-refractivity contribution in [3.05, 3.63) is 22.9 Å². The Morgan fingerprint density at radius 1 is 1.23 bits per heavy atom. The maximum absolute atomic E-state index is 11.9. The number of carbonyl (C=O) groups is 2. The summed E-state index contributed by atoms with van der Waals surface area (Å²) in [4.78, 5) is 29.0. The van der Waals surface area contributed by atoms with Gasteiger partial charge in [-0.25, -0.2) is 14.6 Å². The molecule has 0 atom stereocenters. The molecule has 8 heteroatoms. The summed E-state index contributed by atoms with van der Waals surface area (Å²) >= 11 is 0. The fraction of sp³-hybridized carbons (Fsp3) is 0.611. The summed E-state index contributed by atoms with van der Waals surface area (Å²) in [7, 11) is 0. The minimum Gasteiger partial charge on any atom is -0.465 e. The molecule has 0 unspecified atom stereocenters. The van der Waals surface area contributed by atoms with E-state index in [2.05, 4.69) is 10.3 Å². The molecule has 0 aliphatic heterocycles. The van der Waals surface area contributed by atoms with Gasteiger partial charge in [0, 0.05) is 5.54 Å². The Morgan fingerprint density at radius 2 is 1.81 bits per heavy atom. The van der Waals surface area contributed by atoms with E-state index in [0.29, 0.717) is 16.8 Å². The number of nitrogens with zero attached hydrogens (tertiary/aromatic N) is 2. The average Bonchev–Trinajstić information content (AvgIpc) is 2.41. The minimum atomic E-state index is -1.06. The number of aryl methyl sites for hydroxylation is 1. The summed E-state index contributed by atoms with van der Waals surface area (Å²) in [6.45, 7) is 12.1. The zero-order chi connectivity index (χ0) is 20.3. The number of rotatable bonds is 4. The first-order chi connectivity index (χ1) is 11.7. The molecular weight excluding hydrogens is 338 g/mol. The van der Waals surface area contributed by atoms with Crippen LogP contribution in [0.5, 0.6) is 0 Å². The second-order valence-corrected chi connectivity index (χ2v) is 8.07. The van der Waals surface area contributed by atoms with Crippen LogP contribution < -0.4 is 5.32 Å². The highest BCUT2D eigenvalue weighted by molar-refractivity contribution is 5.83. The number of anilines is 1. The van der Waals surface area contributed by atoms with Crippen molar-refractivity contribution in [2.75, 3.05) is 5.32 Å². The largest absolute Gasteiger partial charge is 0.465 e. The lowest BCUT2D eigenvalue weighted by Gasteiger charge is -2.34. The molecule has 1 rings (SSSR count). The summed E-state index contributed by atoms with van der Waals surface area (Å²) < 4.78 is 5.19. The SMILES string of the molecule is Cc1cc(NC(=O)OC(C)(C)C)nc(CO)c1CN(C(=O)O)C(C)(C)C. The summed E-state index contributed by atoms with van der Waals surface area (Å²) in [5.41, 5.74) is 0.378. The summed E-state index contributed by atoms with van der Waals surface area (Å²) in [5.74, 6) is 0.238. The summed E-state index contributed by atoms with van der Waals surface area (Å²) in [5, 5.41) is 21.7. The average molecular weight is 367 g/mol. The molecule has 0 saturated carbocycles. The number of pyridine rings is 1. The van der Waals surface area contributed by atoms with Crippen molar-refractivity contribution in [2.24, 2.45) is 0 Å². The fourth-order valence-corrected chi connectivity index (χ4v) is 2.33. The van der Waals surface area contributed by atoms with Crippen molar-refractivity contribution in [3.63, 3.8) is 0 Å². The normalized spacial score (nSPS) is 11.8. The first kappa shape index (κ1) is 21.7. The maximum Gasteiger partial charge on any atom is 0.413 e. The van der Waals surface area contributed by atoms with Gasteiger partial charge < -0.3 is 14.9 Å². The zero-order valence-corrected chi connectivity index (χ0v) is 16.5. The van der Waals surface area contributed by atoms with Crippen LogP contribution in [0.15, 0.2) is 6.07 Å². The first-order valence-corrected chi connectivity index (χ1v) is 8.35. The highest BCUT2D eigenvalue weighted by Gasteiger charge is 2.28. The third-order valence-electron chi connectivity index (χ3n) is 3.57. The molecular formula is C18H29N3O5. The van der Waals surface area contributed by atoms with E-state index >= 15 is 0 Å². The topological polar surface area (TPSA) is 112 Å². The predicted octanol–water partition coefficient (Wildman–Crippen LogP) is 3.51. The monoisotopic (exact) mass is 367 g/mol. The van der Waals surface area contributed by atoms with Crippen LogP contribution in [0.4, 0.5) is 15.4 Å². The first-order valence-electron chi connectivity index (χ1n) is 8.35. The van der Waals surface area contributed by atoms with Gasteiger partial charge in [-0.1, -0.05) is 0 Å². The van der Waals surface area contributed by atoms with Gasteiger partial charge >= 0.3 is 12.2 Å². The summed E-state index contributed by atoms with van der Waals surface area (Å²) in [6, 6.07) is 1.63. The highest BCUT2D eigenvalue weighted by Crippen LogP contribution is 2.24. The Bertz CT molecular complexity index is 675. The van der Waals surface area contributed by atoms with E-state index < -0.39 is 23.3 Å². The number of hydrogen-bond donors (Lipinski definition) is 3. The third-order valence-corrected chi connectivity index (χ3v) is 3.57. The van der Waals surface area contributed by atoms with Gasteiger partial charge in [-0.05, 0) is 65.7 Å². The maximum atomic E-state index is 11.9. The molecule has 0 saturated heterocycles. The predicted molar refractivity (Wildman–Crippen MR) is 98.1 cm³/mol. The van der Waals surface area contributed by atoms with E-state index in [1.807, 2.05) is 0 Å². The van der Waals surface area contributed by atoms with Crippen molar-refractivity contribution >= 4 is 18.0 Å². The van der Waals surface area contributed by atoms with Crippen LogP contribution in [-0.4, -0.2) is 43.4 Å². The molecule has 146 valence electrons. The molecule has 8 nitrogen and oxygen atoms in total. The number of hydrogen-bond acceptors (Lipinski definition) is 5. The van der Waals surface area contributed by atoms with Crippen LogP contribution in [0.3, 0.4) is 0 Å². The minimum absolute atomic E-state index is 0.0836. The van der Waals surface area contributed by atoms with E-state index in [-0.39, 0.29) is 19.0 Å². The molecule has 1 aromatic rings. The van der Waals surface area contributed by atoms with Crippen LogP contribution >= 0.6 is 0 Å². The van der Waals surface area contributed by atoms with E-state index in [1.165, 1.54) is 4.90 Å². The van der Waals surface area contributed by atoms with Gasteiger partial charge in [-0.15, -0.1) is 0 Å². The molecule has 0 spiro atoms. The Hall–Kier alpha value is -2.35. The van der Waals surface area contributed by atoms with E-state index in [4.69, 9.17) is 4.74 Å². The lowest BCUT2D eigenvalue weighted by Crippen LogP contribution is -2.44. The van der Waals surface area contributed by atoms with Gasteiger partial charge in [-0.3, -0.25) is 10.2 Å². The molecule has 26 heavy (non-hydrogen) atoms. The van der Waals surface area contributed by atoms with Gasteiger partial charge in [0.1, 0.15) is 11.4 Å². The number of carbonyl (C=O) groups excluding carboxylic acids is 1. The van der Waals surface area contributed by atoms with E-state index in [1.54, 1.807) is 54.5 Å². The molecule has 0 aromatic carbocycles. The number of ether oxygens (including phenoxy) is 1. The molecule has 2 amide bonds. The van der Waals surface area contributed by atoms with Gasteiger partial charge in [0.05, 0.1) is 18.8 Å². The Balaban J connectivity index is 3.14. The molecule has 0 fully saturated rings. The number of nitrogens with one attached hydrogen (secondary N) is 1. The Morgan fingerprint density at radius 3 is 2.23 bits per heavy atom. The van der Waals surface area contributed by atoms with Crippen molar-refractivity contribution in [3.8, 4) is 0 Å². The van der Waals surface area contributed by atoms with Crippen LogP contribution in [0.25, 0.3) is 0 Å². The molecule has 0 bridgehead atoms. The zero-order valence-electron chi connectivity index (χ0n) is 16.5. The number of carboxylic acid groups (broad SMARTS) is 1. The standard InChI is InChI=1S/C18H29N3O5/c1-11-8-14(20-15(23)26-18(5,6)7)19-13(10-22)12(11)9-21(16(24)25)17(2,3)4/h8,22H,9-10H2,1-7H3,(H,24,25)(H,19,20,23). The second-order valence-electron chi connectivity index (χ2n) is 8.07. The number of amides is 2. The van der Waals surface area contributed by atoms with Gasteiger partial charge in [-0.2, -0.15) is 0 Å². The van der Waals surface area contributed by atoms with Crippen LogP contribution in [-0.2, 0) is 17.9 Å². The number of aromatic nitrogens is 1. The highest BCUT2D eigenvalue weighted by atomic mass is 16.6. The molecule has 0 radical (unpaired) electrons.